The van der Waals surface area contributed by atoms with Gasteiger partial charge in [0.15, 0.2) is 5.13 Å². The van der Waals surface area contributed by atoms with E-state index < -0.39 is 5.54 Å². The number of nitrogens with zero attached hydrogens (tertiary/aromatic N) is 1. The van der Waals surface area contributed by atoms with Crippen molar-refractivity contribution in [2.75, 3.05) is 18.5 Å². The van der Waals surface area contributed by atoms with Gasteiger partial charge in [-0.2, -0.15) is 0 Å². The highest BCUT2D eigenvalue weighted by Crippen LogP contribution is 2.29. The van der Waals surface area contributed by atoms with Gasteiger partial charge in [0.05, 0.1) is 5.69 Å². The summed E-state index contributed by atoms with van der Waals surface area (Å²) in [6.07, 6.45) is 8.26. The Labute approximate surface area is 141 Å². The number of nitrogens with one attached hydrogen (secondary N) is 1. The van der Waals surface area contributed by atoms with Crippen LogP contribution in [0.1, 0.15) is 49.1 Å². The Hall–Kier alpha value is -0.690. The number of rotatable bonds is 2. The minimum Gasteiger partial charge on any atom is -0.381 e. The fourth-order valence-corrected chi connectivity index (χ4v) is 3.99. The summed E-state index contributed by atoms with van der Waals surface area (Å²) in [5.74, 6) is -0.118. The zero-order chi connectivity index (χ0) is 14.7. The molecule has 0 radical (unpaired) electrons. The summed E-state index contributed by atoms with van der Waals surface area (Å²) in [6.45, 7) is 1.11. The zero-order valence-electron chi connectivity index (χ0n) is 12.7. The van der Waals surface area contributed by atoms with Crippen molar-refractivity contribution in [3.8, 4) is 0 Å². The van der Waals surface area contributed by atoms with Crippen molar-refractivity contribution in [3.63, 3.8) is 0 Å². The molecule has 22 heavy (non-hydrogen) atoms. The number of thiazole rings is 1. The first-order chi connectivity index (χ1) is 10.2. The SMILES string of the molecule is Cl.NC1(C(=O)Nc2nc3c(s2)CCCCCC3)CCOCC1. The van der Waals surface area contributed by atoms with Crippen molar-refractivity contribution in [2.24, 2.45) is 5.73 Å². The van der Waals surface area contributed by atoms with E-state index in [0.29, 0.717) is 31.2 Å². The number of carbonyl (C=O) groups is 1. The molecule has 124 valence electrons. The second-order valence-corrected chi connectivity index (χ2v) is 7.11. The largest absolute Gasteiger partial charge is 0.381 e. The molecule has 0 aromatic carbocycles. The van der Waals surface area contributed by atoms with Gasteiger partial charge >= 0.3 is 0 Å². The summed E-state index contributed by atoms with van der Waals surface area (Å²) < 4.78 is 5.29. The van der Waals surface area contributed by atoms with Gasteiger partial charge < -0.3 is 15.8 Å². The number of ether oxygens (including phenoxy) is 1. The van der Waals surface area contributed by atoms with E-state index in [1.807, 2.05) is 0 Å². The highest BCUT2D eigenvalue weighted by molar-refractivity contribution is 7.15. The lowest BCUT2D eigenvalue weighted by atomic mass is 9.90. The maximum Gasteiger partial charge on any atom is 0.246 e. The van der Waals surface area contributed by atoms with Gasteiger partial charge in [-0.05, 0) is 38.5 Å². The monoisotopic (exact) mass is 345 g/mol. The molecule has 3 rings (SSSR count). The van der Waals surface area contributed by atoms with Crippen LogP contribution in [0, 0.1) is 0 Å². The Balaban J connectivity index is 0.00000176. The lowest BCUT2D eigenvalue weighted by Gasteiger charge is -2.31. The first-order valence-electron chi connectivity index (χ1n) is 7.84. The Morgan fingerprint density at radius 3 is 2.59 bits per heavy atom. The molecule has 0 atom stereocenters. The van der Waals surface area contributed by atoms with Crippen molar-refractivity contribution in [1.29, 1.82) is 0 Å². The number of hydrogen-bond acceptors (Lipinski definition) is 5. The molecule has 1 fully saturated rings. The Morgan fingerprint density at radius 1 is 1.18 bits per heavy atom. The lowest BCUT2D eigenvalue weighted by Crippen LogP contribution is -2.54. The highest BCUT2D eigenvalue weighted by atomic mass is 35.5. The molecule has 0 spiro atoms. The standard InChI is InChI=1S/C15H23N3O2S.ClH/c16-15(7-9-20-10-8-15)13(19)18-14-17-11-5-3-1-2-4-6-12(11)21-14;/h1-10,16H2,(H,17,18,19);1H. The minimum atomic E-state index is -0.807. The summed E-state index contributed by atoms with van der Waals surface area (Å²) in [4.78, 5) is 18.4. The lowest BCUT2D eigenvalue weighted by molar-refractivity contribution is -0.124. The van der Waals surface area contributed by atoms with Gasteiger partial charge in [-0.1, -0.05) is 12.8 Å². The molecule has 3 N–H and O–H groups in total. The van der Waals surface area contributed by atoms with Gasteiger partial charge in [0, 0.05) is 18.1 Å². The number of carbonyl (C=O) groups excluding carboxylic acids is 1. The third-order valence-electron chi connectivity index (χ3n) is 4.40. The second-order valence-electron chi connectivity index (χ2n) is 6.03. The van der Waals surface area contributed by atoms with Crippen molar-refractivity contribution in [2.45, 2.75) is 56.9 Å². The van der Waals surface area contributed by atoms with Crippen LogP contribution in [0.15, 0.2) is 0 Å². The second kappa shape index (κ2) is 7.73. The third-order valence-corrected chi connectivity index (χ3v) is 5.48. The van der Waals surface area contributed by atoms with Gasteiger partial charge in [0.1, 0.15) is 5.54 Å². The van der Waals surface area contributed by atoms with Crippen LogP contribution >= 0.6 is 23.7 Å². The Kier molecular flexibility index (Phi) is 6.20. The van der Waals surface area contributed by atoms with E-state index in [4.69, 9.17) is 10.5 Å². The first-order valence-corrected chi connectivity index (χ1v) is 8.66. The summed E-state index contributed by atoms with van der Waals surface area (Å²) in [5.41, 5.74) is 6.57. The maximum absolute atomic E-state index is 12.4. The Morgan fingerprint density at radius 2 is 1.86 bits per heavy atom. The summed E-state index contributed by atoms with van der Waals surface area (Å²) >= 11 is 1.62. The van der Waals surface area contributed by atoms with E-state index >= 15 is 0 Å². The van der Waals surface area contributed by atoms with Crippen LogP contribution in [0.4, 0.5) is 5.13 Å². The first kappa shape index (κ1) is 17.7. The van der Waals surface area contributed by atoms with Crippen LogP contribution in [0.2, 0.25) is 0 Å². The molecule has 1 aromatic heterocycles. The van der Waals surface area contributed by atoms with E-state index in [1.54, 1.807) is 11.3 Å². The van der Waals surface area contributed by atoms with Gasteiger partial charge in [-0.25, -0.2) is 4.98 Å². The van der Waals surface area contributed by atoms with Crippen LogP contribution in [0.25, 0.3) is 0 Å². The summed E-state index contributed by atoms with van der Waals surface area (Å²) in [6, 6.07) is 0. The summed E-state index contributed by atoms with van der Waals surface area (Å²) in [5, 5.41) is 3.65. The normalized spacial score (nSPS) is 21.0. The average Bonchev–Trinajstić information content (AvgIpc) is 2.81. The maximum atomic E-state index is 12.4. The van der Waals surface area contributed by atoms with Crippen molar-refractivity contribution >= 4 is 34.8 Å². The molecular weight excluding hydrogens is 322 g/mol. The fraction of sp³-hybridized carbons (Fsp3) is 0.733. The molecule has 1 saturated heterocycles. The molecule has 0 bridgehead atoms. The Bertz CT molecular complexity index is 489. The zero-order valence-corrected chi connectivity index (χ0v) is 14.4. The molecule has 5 nitrogen and oxygen atoms in total. The van der Waals surface area contributed by atoms with Crippen LogP contribution in [0.5, 0.6) is 0 Å². The van der Waals surface area contributed by atoms with Crippen molar-refractivity contribution in [3.05, 3.63) is 10.6 Å². The number of halogens is 1. The topological polar surface area (TPSA) is 77.2 Å². The predicted octanol–water partition coefficient (Wildman–Crippen LogP) is 2.67. The van der Waals surface area contributed by atoms with Gasteiger partial charge in [-0.15, -0.1) is 23.7 Å². The van der Waals surface area contributed by atoms with E-state index in [0.717, 1.165) is 12.8 Å². The molecule has 7 heteroatoms. The number of hydrogen-bond donors (Lipinski definition) is 2. The van der Waals surface area contributed by atoms with Crippen molar-refractivity contribution < 1.29 is 9.53 Å². The number of aryl methyl sites for hydroxylation is 2. The number of anilines is 1. The molecule has 2 heterocycles. The molecule has 1 aliphatic heterocycles. The smallest absolute Gasteiger partial charge is 0.246 e. The molecule has 1 aromatic rings. The van der Waals surface area contributed by atoms with E-state index in [1.165, 1.54) is 36.3 Å². The minimum absolute atomic E-state index is 0. The molecule has 0 unspecified atom stereocenters. The van der Waals surface area contributed by atoms with Gasteiger partial charge in [-0.3, -0.25) is 4.79 Å². The number of nitrogens with two attached hydrogens (primary N) is 1. The molecule has 1 amide bonds. The van der Waals surface area contributed by atoms with E-state index in [-0.39, 0.29) is 18.3 Å². The summed E-state index contributed by atoms with van der Waals surface area (Å²) in [7, 11) is 0. The molecule has 1 aliphatic carbocycles. The van der Waals surface area contributed by atoms with Gasteiger partial charge in [0.25, 0.3) is 0 Å². The molecule has 0 saturated carbocycles. The average molecular weight is 346 g/mol. The quantitative estimate of drug-likeness (QED) is 0.863. The predicted molar refractivity (Wildman–Crippen MR) is 90.8 cm³/mol. The number of aromatic nitrogens is 1. The molecular formula is C15H24ClN3O2S. The van der Waals surface area contributed by atoms with Gasteiger partial charge in [0.2, 0.25) is 5.91 Å². The van der Waals surface area contributed by atoms with Crippen LogP contribution in [0.3, 0.4) is 0 Å². The fourth-order valence-electron chi connectivity index (χ4n) is 2.94. The van der Waals surface area contributed by atoms with Crippen LogP contribution in [-0.2, 0) is 22.4 Å². The van der Waals surface area contributed by atoms with Crippen LogP contribution in [-0.4, -0.2) is 29.6 Å². The highest BCUT2D eigenvalue weighted by Gasteiger charge is 2.36. The van der Waals surface area contributed by atoms with Crippen LogP contribution < -0.4 is 11.1 Å². The number of amides is 1. The van der Waals surface area contributed by atoms with Crippen molar-refractivity contribution in [1.82, 2.24) is 4.98 Å². The third kappa shape index (κ3) is 3.98. The molecule has 2 aliphatic rings. The van der Waals surface area contributed by atoms with E-state index in [9.17, 15) is 4.79 Å². The van der Waals surface area contributed by atoms with E-state index in [2.05, 4.69) is 10.3 Å². The number of fused-ring (bicyclic) bond motifs is 1.